The van der Waals surface area contributed by atoms with Crippen molar-refractivity contribution in [1.82, 2.24) is 14.9 Å². The van der Waals surface area contributed by atoms with Crippen molar-refractivity contribution >= 4 is 17.5 Å². The normalized spacial score (nSPS) is 15.0. The molecule has 1 N–H and O–H groups in total. The van der Waals surface area contributed by atoms with Gasteiger partial charge in [-0.1, -0.05) is 13.0 Å². The Morgan fingerprint density at radius 2 is 2.00 bits per heavy atom. The minimum atomic E-state index is -0.273. The fourth-order valence-electron chi connectivity index (χ4n) is 3.00. The van der Waals surface area contributed by atoms with Crippen molar-refractivity contribution in [2.24, 2.45) is 0 Å². The van der Waals surface area contributed by atoms with Crippen LogP contribution in [0.5, 0.6) is 5.75 Å². The number of methoxy groups -OCH3 is 1. The number of aryl methyl sites for hydroxylation is 1. The van der Waals surface area contributed by atoms with Gasteiger partial charge in [0.2, 0.25) is 5.95 Å². The van der Waals surface area contributed by atoms with Gasteiger partial charge >= 0.3 is 0 Å². The zero-order valence-electron chi connectivity index (χ0n) is 15.5. The standard InChI is InChI=1S/C19H25N5O2/c1-4-23-9-11-24(12-10-23)19-20-8-7-15(22-19)18(25)21-16-13-14(2)5-6-17(16)26-3/h5-8,13H,4,9-12H2,1-3H3,(H,21,25). The number of piperazine rings is 1. The molecule has 0 radical (unpaired) electrons. The number of likely N-dealkylation sites (N-methyl/N-ethyl adjacent to an activating group) is 1. The molecule has 0 saturated carbocycles. The first kappa shape index (κ1) is 18.1. The van der Waals surface area contributed by atoms with E-state index >= 15 is 0 Å². The number of hydrogen-bond acceptors (Lipinski definition) is 6. The fraction of sp³-hybridized carbons (Fsp3) is 0.421. The molecule has 1 aromatic carbocycles. The van der Waals surface area contributed by atoms with Gasteiger partial charge in [0.05, 0.1) is 12.8 Å². The van der Waals surface area contributed by atoms with Crippen molar-refractivity contribution in [3.63, 3.8) is 0 Å². The van der Waals surface area contributed by atoms with Crippen molar-refractivity contribution in [2.45, 2.75) is 13.8 Å². The van der Waals surface area contributed by atoms with Crippen molar-refractivity contribution in [2.75, 3.05) is 50.1 Å². The molecule has 138 valence electrons. The minimum absolute atomic E-state index is 0.273. The van der Waals surface area contributed by atoms with Gasteiger partial charge in [0.1, 0.15) is 11.4 Å². The molecule has 0 bridgehead atoms. The highest BCUT2D eigenvalue weighted by Gasteiger charge is 2.19. The average Bonchev–Trinajstić information content (AvgIpc) is 2.68. The molecule has 2 heterocycles. The first-order valence-electron chi connectivity index (χ1n) is 8.87. The predicted octanol–water partition coefficient (Wildman–Crippen LogP) is 2.19. The molecule has 1 fully saturated rings. The maximum atomic E-state index is 12.6. The van der Waals surface area contributed by atoms with Crippen LogP contribution in [-0.2, 0) is 0 Å². The van der Waals surface area contributed by atoms with Crippen LogP contribution in [0.3, 0.4) is 0 Å². The Balaban J connectivity index is 1.74. The van der Waals surface area contributed by atoms with Crippen LogP contribution in [0, 0.1) is 6.92 Å². The van der Waals surface area contributed by atoms with E-state index in [2.05, 4.69) is 32.0 Å². The number of carbonyl (C=O) groups excluding carboxylic acids is 1. The smallest absolute Gasteiger partial charge is 0.274 e. The largest absolute Gasteiger partial charge is 0.495 e. The van der Waals surface area contributed by atoms with Crippen LogP contribution in [-0.4, -0.2) is 60.6 Å². The van der Waals surface area contributed by atoms with Gasteiger partial charge in [0.25, 0.3) is 5.91 Å². The molecule has 7 heteroatoms. The van der Waals surface area contributed by atoms with Gasteiger partial charge in [-0.15, -0.1) is 0 Å². The number of rotatable bonds is 5. The third kappa shape index (κ3) is 4.11. The van der Waals surface area contributed by atoms with Crippen LogP contribution in [0.1, 0.15) is 23.0 Å². The lowest BCUT2D eigenvalue weighted by molar-refractivity contribution is 0.102. The Hall–Kier alpha value is -2.67. The molecule has 0 aliphatic carbocycles. The van der Waals surface area contributed by atoms with E-state index in [9.17, 15) is 4.79 Å². The second-order valence-corrected chi connectivity index (χ2v) is 6.32. The van der Waals surface area contributed by atoms with E-state index in [1.54, 1.807) is 19.4 Å². The number of amides is 1. The van der Waals surface area contributed by atoms with Crippen molar-refractivity contribution in [1.29, 1.82) is 0 Å². The van der Waals surface area contributed by atoms with Gasteiger partial charge in [0.15, 0.2) is 0 Å². The molecule has 1 aliphatic heterocycles. The highest BCUT2D eigenvalue weighted by molar-refractivity contribution is 6.03. The summed E-state index contributed by atoms with van der Waals surface area (Å²) in [5.41, 5.74) is 2.02. The molecule has 26 heavy (non-hydrogen) atoms. The summed E-state index contributed by atoms with van der Waals surface area (Å²) < 4.78 is 5.32. The summed E-state index contributed by atoms with van der Waals surface area (Å²) in [4.78, 5) is 26.0. The van der Waals surface area contributed by atoms with Gasteiger partial charge in [0, 0.05) is 32.4 Å². The second kappa shape index (κ2) is 8.14. The maximum Gasteiger partial charge on any atom is 0.274 e. The summed E-state index contributed by atoms with van der Waals surface area (Å²) in [7, 11) is 1.58. The molecule has 1 saturated heterocycles. The van der Waals surface area contributed by atoms with E-state index in [-0.39, 0.29) is 5.91 Å². The lowest BCUT2D eigenvalue weighted by atomic mass is 10.2. The predicted molar refractivity (Wildman–Crippen MR) is 102 cm³/mol. The lowest BCUT2D eigenvalue weighted by Crippen LogP contribution is -2.46. The molecule has 0 atom stereocenters. The Bertz CT molecular complexity index is 772. The van der Waals surface area contributed by atoms with Crippen LogP contribution in [0.2, 0.25) is 0 Å². The molecule has 3 rings (SSSR count). The highest BCUT2D eigenvalue weighted by atomic mass is 16.5. The van der Waals surface area contributed by atoms with Crippen molar-refractivity contribution in [3.8, 4) is 5.75 Å². The molecule has 1 aliphatic rings. The van der Waals surface area contributed by atoms with E-state index < -0.39 is 0 Å². The number of anilines is 2. The summed E-state index contributed by atoms with van der Waals surface area (Å²) in [6.07, 6.45) is 1.64. The number of nitrogens with one attached hydrogen (secondary N) is 1. The molecule has 1 amide bonds. The Morgan fingerprint density at radius 3 is 2.69 bits per heavy atom. The molecule has 0 unspecified atom stereocenters. The quantitative estimate of drug-likeness (QED) is 0.887. The SMILES string of the molecule is CCN1CCN(c2nccc(C(=O)Nc3cc(C)ccc3OC)n2)CC1. The van der Waals surface area contributed by atoms with Crippen LogP contribution >= 0.6 is 0 Å². The van der Waals surface area contributed by atoms with E-state index in [1.165, 1.54) is 0 Å². The van der Waals surface area contributed by atoms with Gasteiger partial charge in [-0.3, -0.25) is 4.79 Å². The van der Waals surface area contributed by atoms with Crippen LogP contribution in [0.15, 0.2) is 30.5 Å². The number of hydrogen-bond donors (Lipinski definition) is 1. The average molecular weight is 355 g/mol. The molecule has 2 aromatic rings. The first-order valence-corrected chi connectivity index (χ1v) is 8.87. The van der Waals surface area contributed by atoms with E-state index in [0.717, 1.165) is 38.3 Å². The Morgan fingerprint density at radius 1 is 1.23 bits per heavy atom. The maximum absolute atomic E-state index is 12.6. The summed E-state index contributed by atoms with van der Waals surface area (Å²) in [5.74, 6) is 0.947. The van der Waals surface area contributed by atoms with Gasteiger partial charge in [-0.05, 0) is 37.2 Å². The van der Waals surface area contributed by atoms with E-state index in [0.29, 0.717) is 23.1 Å². The zero-order valence-corrected chi connectivity index (χ0v) is 15.5. The minimum Gasteiger partial charge on any atom is -0.495 e. The zero-order chi connectivity index (χ0) is 18.5. The van der Waals surface area contributed by atoms with Crippen LogP contribution in [0.25, 0.3) is 0 Å². The fourth-order valence-corrected chi connectivity index (χ4v) is 3.00. The Kier molecular flexibility index (Phi) is 5.68. The molecular formula is C19H25N5O2. The number of benzene rings is 1. The first-order chi connectivity index (χ1) is 12.6. The lowest BCUT2D eigenvalue weighted by Gasteiger charge is -2.34. The monoisotopic (exact) mass is 355 g/mol. The van der Waals surface area contributed by atoms with E-state index in [4.69, 9.17) is 4.74 Å². The van der Waals surface area contributed by atoms with Crippen LogP contribution < -0.4 is 15.0 Å². The van der Waals surface area contributed by atoms with Crippen LogP contribution in [0.4, 0.5) is 11.6 Å². The molecule has 0 spiro atoms. The summed E-state index contributed by atoms with van der Waals surface area (Å²) >= 11 is 0. The van der Waals surface area contributed by atoms with E-state index in [1.807, 2.05) is 25.1 Å². The molecular weight excluding hydrogens is 330 g/mol. The summed E-state index contributed by atoms with van der Waals surface area (Å²) in [6.45, 7) is 8.88. The number of carbonyl (C=O) groups is 1. The topological polar surface area (TPSA) is 70.6 Å². The van der Waals surface area contributed by atoms with Crippen molar-refractivity contribution < 1.29 is 9.53 Å². The van der Waals surface area contributed by atoms with Crippen molar-refractivity contribution in [3.05, 3.63) is 41.7 Å². The molecule has 1 aromatic heterocycles. The summed E-state index contributed by atoms with van der Waals surface area (Å²) in [6, 6.07) is 7.28. The molecule has 7 nitrogen and oxygen atoms in total. The third-order valence-corrected chi connectivity index (χ3v) is 4.58. The van der Waals surface area contributed by atoms with Gasteiger partial charge in [-0.25, -0.2) is 9.97 Å². The Labute approximate surface area is 154 Å². The number of aromatic nitrogens is 2. The second-order valence-electron chi connectivity index (χ2n) is 6.32. The van der Waals surface area contributed by atoms with Gasteiger partial charge in [-0.2, -0.15) is 0 Å². The third-order valence-electron chi connectivity index (χ3n) is 4.58. The summed E-state index contributed by atoms with van der Waals surface area (Å²) in [5, 5.41) is 2.88. The number of nitrogens with zero attached hydrogens (tertiary/aromatic N) is 4. The number of ether oxygens (including phenoxy) is 1. The van der Waals surface area contributed by atoms with Gasteiger partial charge < -0.3 is 19.9 Å². The highest BCUT2D eigenvalue weighted by Crippen LogP contribution is 2.25.